The Hall–Kier alpha value is -0.450. The molecule has 0 saturated carbocycles. The second-order valence-corrected chi connectivity index (χ2v) is 5.42. The molecule has 2 unspecified atom stereocenters. The Kier molecular flexibility index (Phi) is 4.32. The molecule has 0 amide bonds. The summed E-state index contributed by atoms with van der Waals surface area (Å²) < 4.78 is 0. The van der Waals surface area contributed by atoms with Crippen molar-refractivity contribution in [1.29, 1.82) is 0 Å². The van der Waals surface area contributed by atoms with Crippen LogP contribution in [0.3, 0.4) is 0 Å². The molecule has 1 aliphatic rings. The summed E-state index contributed by atoms with van der Waals surface area (Å²) in [6.45, 7) is 5.39. The fraction of sp³-hybridized carbons (Fsp3) is 0.750. The van der Waals surface area contributed by atoms with Gasteiger partial charge in [0, 0.05) is 11.6 Å². The highest BCUT2D eigenvalue weighted by atomic mass is 32.1. The lowest BCUT2D eigenvalue weighted by atomic mass is 9.89. The maximum absolute atomic E-state index is 5.91. The summed E-state index contributed by atoms with van der Waals surface area (Å²) >= 11 is 1.77. The SMILES string of the molecule is CCCN1CCCC(CN)C1c1nccs1. The van der Waals surface area contributed by atoms with Crippen LogP contribution >= 0.6 is 11.3 Å². The number of piperidine rings is 1. The Labute approximate surface area is 102 Å². The quantitative estimate of drug-likeness (QED) is 0.876. The molecule has 0 radical (unpaired) electrons. The van der Waals surface area contributed by atoms with Crippen molar-refractivity contribution in [3.05, 3.63) is 16.6 Å². The summed E-state index contributed by atoms with van der Waals surface area (Å²) in [6.07, 6.45) is 5.65. The fourth-order valence-electron chi connectivity index (χ4n) is 2.67. The Bertz CT molecular complexity index is 297. The molecule has 2 atom stereocenters. The van der Waals surface area contributed by atoms with Crippen LogP contribution in [-0.4, -0.2) is 29.5 Å². The van der Waals surface area contributed by atoms with E-state index >= 15 is 0 Å². The molecule has 0 aromatic carbocycles. The van der Waals surface area contributed by atoms with Crippen molar-refractivity contribution in [1.82, 2.24) is 9.88 Å². The van der Waals surface area contributed by atoms with Gasteiger partial charge in [0.25, 0.3) is 0 Å². The smallest absolute Gasteiger partial charge is 0.110 e. The van der Waals surface area contributed by atoms with Crippen LogP contribution in [0.15, 0.2) is 11.6 Å². The van der Waals surface area contributed by atoms with Gasteiger partial charge < -0.3 is 5.73 Å². The second-order valence-electron chi connectivity index (χ2n) is 4.49. The molecule has 90 valence electrons. The number of nitrogens with two attached hydrogens (primary N) is 1. The summed E-state index contributed by atoms with van der Waals surface area (Å²) in [5, 5.41) is 3.32. The number of hydrogen-bond acceptors (Lipinski definition) is 4. The van der Waals surface area contributed by atoms with E-state index in [1.807, 2.05) is 6.20 Å². The van der Waals surface area contributed by atoms with Gasteiger partial charge in [-0.1, -0.05) is 6.92 Å². The second kappa shape index (κ2) is 5.75. The number of likely N-dealkylation sites (tertiary alicyclic amines) is 1. The van der Waals surface area contributed by atoms with Crippen LogP contribution in [0.2, 0.25) is 0 Å². The molecule has 0 aliphatic carbocycles. The summed E-state index contributed by atoms with van der Waals surface area (Å²) in [4.78, 5) is 7.06. The maximum atomic E-state index is 5.91. The maximum Gasteiger partial charge on any atom is 0.110 e. The lowest BCUT2D eigenvalue weighted by molar-refractivity contribution is 0.0958. The lowest BCUT2D eigenvalue weighted by Gasteiger charge is -2.39. The van der Waals surface area contributed by atoms with Gasteiger partial charge in [0.2, 0.25) is 0 Å². The average molecular weight is 239 g/mol. The number of rotatable bonds is 4. The molecular weight excluding hydrogens is 218 g/mol. The molecule has 2 rings (SSSR count). The van der Waals surface area contributed by atoms with Gasteiger partial charge >= 0.3 is 0 Å². The minimum absolute atomic E-state index is 0.471. The number of thiazole rings is 1. The van der Waals surface area contributed by atoms with Gasteiger partial charge in [-0.2, -0.15) is 0 Å². The molecule has 1 aromatic heterocycles. The first-order chi connectivity index (χ1) is 7.86. The molecule has 16 heavy (non-hydrogen) atoms. The largest absolute Gasteiger partial charge is 0.330 e. The van der Waals surface area contributed by atoms with Crippen molar-refractivity contribution in [3.8, 4) is 0 Å². The van der Waals surface area contributed by atoms with Crippen molar-refractivity contribution >= 4 is 11.3 Å². The van der Waals surface area contributed by atoms with Gasteiger partial charge in [-0.3, -0.25) is 4.90 Å². The van der Waals surface area contributed by atoms with E-state index in [1.165, 1.54) is 37.4 Å². The minimum Gasteiger partial charge on any atom is -0.330 e. The fourth-order valence-corrected chi connectivity index (χ4v) is 3.54. The summed E-state index contributed by atoms with van der Waals surface area (Å²) in [6, 6.07) is 0.471. The van der Waals surface area contributed by atoms with Gasteiger partial charge in [-0.25, -0.2) is 4.98 Å². The Morgan fingerprint density at radius 1 is 1.62 bits per heavy atom. The third kappa shape index (κ3) is 2.44. The molecule has 1 saturated heterocycles. The zero-order valence-corrected chi connectivity index (χ0v) is 10.7. The van der Waals surface area contributed by atoms with E-state index in [9.17, 15) is 0 Å². The summed E-state index contributed by atoms with van der Waals surface area (Å²) in [5.74, 6) is 0.589. The van der Waals surface area contributed by atoms with E-state index in [1.54, 1.807) is 11.3 Å². The predicted octanol–water partition coefficient (Wildman–Crippen LogP) is 2.26. The van der Waals surface area contributed by atoms with Crippen molar-refractivity contribution in [3.63, 3.8) is 0 Å². The van der Waals surface area contributed by atoms with Crippen LogP contribution in [0, 0.1) is 5.92 Å². The first kappa shape index (κ1) is 12.0. The Morgan fingerprint density at radius 3 is 3.12 bits per heavy atom. The predicted molar refractivity (Wildman–Crippen MR) is 68.5 cm³/mol. The summed E-state index contributed by atoms with van der Waals surface area (Å²) in [5.41, 5.74) is 5.91. The molecule has 1 fully saturated rings. The molecule has 4 heteroatoms. The Morgan fingerprint density at radius 2 is 2.50 bits per heavy atom. The van der Waals surface area contributed by atoms with E-state index in [0.717, 1.165) is 6.54 Å². The van der Waals surface area contributed by atoms with Crippen molar-refractivity contribution in [2.45, 2.75) is 32.2 Å². The van der Waals surface area contributed by atoms with E-state index in [2.05, 4.69) is 22.2 Å². The van der Waals surface area contributed by atoms with Crippen molar-refractivity contribution < 1.29 is 0 Å². The highest BCUT2D eigenvalue weighted by Crippen LogP contribution is 2.36. The molecule has 0 bridgehead atoms. The normalized spacial score (nSPS) is 27.1. The first-order valence-electron chi connectivity index (χ1n) is 6.20. The molecule has 1 aliphatic heterocycles. The van der Waals surface area contributed by atoms with Crippen LogP contribution in [0.25, 0.3) is 0 Å². The number of hydrogen-bond donors (Lipinski definition) is 1. The van der Waals surface area contributed by atoms with E-state index < -0.39 is 0 Å². The first-order valence-corrected chi connectivity index (χ1v) is 7.08. The van der Waals surface area contributed by atoms with Crippen LogP contribution in [0.1, 0.15) is 37.2 Å². The zero-order chi connectivity index (χ0) is 11.4. The molecule has 3 nitrogen and oxygen atoms in total. The molecular formula is C12H21N3S. The van der Waals surface area contributed by atoms with Crippen LogP contribution in [0.5, 0.6) is 0 Å². The lowest BCUT2D eigenvalue weighted by Crippen LogP contribution is -2.41. The van der Waals surface area contributed by atoms with E-state index in [-0.39, 0.29) is 0 Å². The number of aromatic nitrogens is 1. The molecule has 1 aromatic rings. The third-order valence-electron chi connectivity index (χ3n) is 3.38. The van der Waals surface area contributed by atoms with Crippen LogP contribution in [-0.2, 0) is 0 Å². The van der Waals surface area contributed by atoms with Gasteiger partial charge in [-0.15, -0.1) is 11.3 Å². The van der Waals surface area contributed by atoms with Gasteiger partial charge in [-0.05, 0) is 44.8 Å². The molecule has 0 spiro atoms. The van der Waals surface area contributed by atoms with Gasteiger partial charge in [0.1, 0.15) is 5.01 Å². The van der Waals surface area contributed by atoms with Crippen molar-refractivity contribution in [2.24, 2.45) is 11.7 Å². The monoisotopic (exact) mass is 239 g/mol. The zero-order valence-electron chi connectivity index (χ0n) is 9.93. The highest BCUT2D eigenvalue weighted by Gasteiger charge is 2.32. The Balaban J connectivity index is 2.17. The third-order valence-corrected chi connectivity index (χ3v) is 4.22. The molecule has 2 N–H and O–H groups in total. The van der Waals surface area contributed by atoms with E-state index in [4.69, 9.17) is 5.73 Å². The van der Waals surface area contributed by atoms with Crippen LogP contribution < -0.4 is 5.73 Å². The van der Waals surface area contributed by atoms with Gasteiger partial charge in [0.05, 0.1) is 6.04 Å². The van der Waals surface area contributed by atoms with Crippen molar-refractivity contribution in [2.75, 3.05) is 19.6 Å². The molecule has 2 heterocycles. The van der Waals surface area contributed by atoms with Crippen LogP contribution in [0.4, 0.5) is 0 Å². The highest BCUT2D eigenvalue weighted by molar-refractivity contribution is 7.09. The topological polar surface area (TPSA) is 42.1 Å². The average Bonchev–Trinajstić information content (AvgIpc) is 2.82. The summed E-state index contributed by atoms with van der Waals surface area (Å²) in [7, 11) is 0. The standard InChI is InChI=1S/C12H21N3S/c1-2-6-15-7-3-4-10(9-13)11(15)12-14-5-8-16-12/h5,8,10-11H,2-4,6-7,9,13H2,1H3. The number of nitrogens with zero attached hydrogens (tertiary/aromatic N) is 2. The van der Waals surface area contributed by atoms with Gasteiger partial charge in [0.15, 0.2) is 0 Å². The van der Waals surface area contributed by atoms with E-state index in [0.29, 0.717) is 12.0 Å². The minimum atomic E-state index is 0.471.